The second-order valence-corrected chi connectivity index (χ2v) is 8.44. The average molecular weight is 338 g/mol. The predicted octanol–water partition coefficient (Wildman–Crippen LogP) is 0.777. The molecule has 2 amide bonds. The van der Waals surface area contributed by atoms with Gasteiger partial charge in [-0.3, -0.25) is 19.4 Å². The van der Waals surface area contributed by atoms with E-state index < -0.39 is 0 Å². The summed E-state index contributed by atoms with van der Waals surface area (Å²) in [5.74, 6) is 0.997. The minimum atomic E-state index is -0.194. The van der Waals surface area contributed by atoms with Gasteiger partial charge in [-0.2, -0.15) is 0 Å². The van der Waals surface area contributed by atoms with Gasteiger partial charge in [0.05, 0.1) is 13.1 Å². The number of hydrogen-bond acceptors (Lipinski definition) is 4. The molecule has 0 aromatic carbocycles. The van der Waals surface area contributed by atoms with E-state index in [2.05, 4.69) is 22.0 Å². The summed E-state index contributed by atoms with van der Waals surface area (Å²) in [7, 11) is 0. The number of amides is 2. The van der Waals surface area contributed by atoms with Crippen LogP contribution in [-0.4, -0.2) is 84.4 Å². The van der Waals surface area contributed by atoms with Crippen LogP contribution in [-0.2, 0) is 9.59 Å². The fourth-order valence-corrected chi connectivity index (χ4v) is 3.54. The lowest BCUT2D eigenvalue weighted by Crippen LogP contribution is -2.54. The van der Waals surface area contributed by atoms with E-state index in [1.54, 1.807) is 0 Å². The summed E-state index contributed by atoms with van der Waals surface area (Å²) in [4.78, 5) is 30.9. The number of carbonyl (C=O) groups is 2. The first kappa shape index (κ1) is 19.2. The van der Waals surface area contributed by atoms with Crippen LogP contribution in [0.25, 0.3) is 0 Å². The molecule has 6 heteroatoms. The Kier molecular flexibility index (Phi) is 6.63. The van der Waals surface area contributed by atoms with Crippen molar-refractivity contribution in [1.29, 1.82) is 0 Å². The molecule has 2 heterocycles. The third kappa shape index (κ3) is 6.40. The molecule has 0 saturated carbocycles. The number of hydrogen-bond donors (Lipinski definition) is 1. The van der Waals surface area contributed by atoms with Gasteiger partial charge in [-0.05, 0) is 46.1 Å². The first-order valence-electron chi connectivity index (χ1n) is 9.26. The smallest absolute Gasteiger partial charge is 0.236 e. The molecule has 0 bridgehead atoms. The third-order valence-corrected chi connectivity index (χ3v) is 4.71. The maximum absolute atomic E-state index is 12.5. The van der Waals surface area contributed by atoms with Crippen molar-refractivity contribution in [3.63, 3.8) is 0 Å². The number of piperazine rings is 1. The number of nitrogens with one attached hydrogen (secondary N) is 1. The minimum absolute atomic E-state index is 0.0598. The summed E-state index contributed by atoms with van der Waals surface area (Å²) < 4.78 is 0. The molecule has 24 heavy (non-hydrogen) atoms. The van der Waals surface area contributed by atoms with Crippen LogP contribution in [0.5, 0.6) is 0 Å². The second-order valence-electron chi connectivity index (χ2n) is 8.44. The van der Waals surface area contributed by atoms with Gasteiger partial charge < -0.3 is 10.2 Å². The molecule has 0 aliphatic carbocycles. The van der Waals surface area contributed by atoms with Crippen molar-refractivity contribution in [2.24, 2.45) is 5.92 Å². The molecule has 2 fully saturated rings. The number of piperidine rings is 1. The van der Waals surface area contributed by atoms with Crippen molar-refractivity contribution in [2.45, 2.75) is 46.1 Å². The number of carbonyl (C=O) groups excluding carboxylic acids is 2. The van der Waals surface area contributed by atoms with E-state index in [0.717, 1.165) is 39.3 Å². The van der Waals surface area contributed by atoms with Gasteiger partial charge in [-0.15, -0.1) is 0 Å². The monoisotopic (exact) mass is 338 g/mol. The van der Waals surface area contributed by atoms with E-state index in [9.17, 15) is 9.59 Å². The molecule has 0 spiro atoms. The summed E-state index contributed by atoms with van der Waals surface area (Å²) in [6.45, 7) is 14.3. The van der Waals surface area contributed by atoms with Crippen molar-refractivity contribution < 1.29 is 9.59 Å². The average Bonchev–Trinajstić information content (AvgIpc) is 2.45. The first-order valence-corrected chi connectivity index (χ1v) is 9.26. The van der Waals surface area contributed by atoms with Crippen molar-refractivity contribution in [1.82, 2.24) is 20.0 Å². The standard InChI is InChI=1S/C18H34N4O2/c1-15-6-5-7-21(12-15)14-17(24)22-10-8-20(9-11-22)13-16(23)19-18(2,3)4/h15H,5-14H2,1-4H3,(H,19,23). The lowest BCUT2D eigenvalue weighted by Gasteiger charge is -2.37. The Morgan fingerprint density at radius 3 is 2.25 bits per heavy atom. The quantitative estimate of drug-likeness (QED) is 0.823. The van der Waals surface area contributed by atoms with Gasteiger partial charge in [0.25, 0.3) is 0 Å². The number of rotatable bonds is 4. The van der Waals surface area contributed by atoms with E-state index >= 15 is 0 Å². The molecule has 2 rings (SSSR count). The first-order chi connectivity index (χ1) is 11.2. The third-order valence-electron chi connectivity index (χ3n) is 4.71. The van der Waals surface area contributed by atoms with Crippen molar-refractivity contribution in [3.8, 4) is 0 Å². The van der Waals surface area contributed by atoms with Crippen molar-refractivity contribution in [2.75, 3.05) is 52.4 Å². The van der Waals surface area contributed by atoms with Gasteiger partial charge >= 0.3 is 0 Å². The van der Waals surface area contributed by atoms with E-state index in [4.69, 9.17) is 0 Å². The van der Waals surface area contributed by atoms with Crippen LogP contribution >= 0.6 is 0 Å². The van der Waals surface area contributed by atoms with Crippen LogP contribution in [0.1, 0.15) is 40.5 Å². The van der Waals surface area contributed by atoms with Crippen LogP contribution in [0.4, 0.5) is 0 Å². The predicted molar refractivity (Wildman–Crippen MR) is 95.8 cm³/mol. The Bertz CT molecular complexity index is 439. The molecule has 1 N–H and O–H groups in total. The fraction of sp³-hybridized carbons (Fsp3) is 0.889. The molecular weight excluding hydrogens is 304 g/mol. The van der Waals surface area contributed by atoms with E-state index in [1.807, 2.05) is 25.7 Å². The summed E-state index contributed by atoms with van der Waals surface area (Å²) in [6.07, 6.45) is 2.48. The highest BCUT2D eigenvalue weighted by Gasteiger charge is 2.26. The SMILES string of the molecule is CC1CCCN(CC(=O)N2CCN(CC(=O)NC(C)(C)C)CC2)C1. The molecule has 138 valence electrons. The van der Waals surface area contributed by atoms with Crippen molar-refractivity contribution >= 4 is 11.8 Å². The van der Waals surface area contributed by atoms with Gasteiger partial charge in [0, 0.05) is 38.3 Å². The Hall–Kier alpha value is -1.14. The zero-order chi connectivity index (χ0) is 17.7. The lowest BCUT2D eigenvalue weighted by molar-refractivity contribution is -0.134. The Labute approximate surface area is 146 Å². The van der Waals surface area contributed by atoms with Crippen molar-refractivity contribution in [3.05, 3.63) is 0 Å². The largest absolute Gasteiger partial charge is 0.350 e. The van der Waals surface area contributed by atoms with E-state index in [-0.39, 0.29) is 17.4 Å². The molecule has 2 aliphatic rings. The van der Waals surface area contributed by atoms with Crippen LogP contribution < -0.4 is 5.32 Å². The molecule has 1 atom stereocenters. The number of likely N-dealkylation sites (tertiary alicyclic amines) is 1. The van der Waals surface area contributed by atoms with Gasteiger partial charge in [-0.25, -0.2) is 0 Å². The summed E-state index contributed by atoms with van der Waals surface area (Å²) >= 11 is 0. The van der Waals surface area contributed by atoms with Crippen LogP contribution in [0.2, 0.25) is 0 Å². The Balaban J connectivity index is 1.70. The highest BCUT2D eigenvalue weighted by molar-refractivity contribution is 5.79. The maximum Gasteiger partial charge on any atom is 0.236 e. The Morgan fingerprint density at radius 2 is 1.67 bits per heavy atom. The van der Waals surface area contributed by atoms with Gasteiger partial charge in [0.2, 0.25) is 11.8 Å². The highest BCUT2D eigenvalue weighted by atomic mass is 16.2. The maximum atomic E-state index is 12.5. The fourth-order valence-electron chi connectivity index (χ4n) is 3.54. The summed E-state index contributed by atoms with van der Waals surface area (Å²) in [6, 6.07) is 0. The molecular formula is C18H34N4O2. The number of nitrogens with zero attached hydrogens (tertiary/aromatic N) is 3. The van der Waals surface area contributed by atoms with Crippen LogP contribution in [0, 0.1) is 5.92 Å². The molecule has 0 aromatic rings. The molecule has 2 aliphatic heterocycles. The van der Waals surface area contributed by atoms with Crippen LogP contribution in [0.3, 0.4) is 0 Å². The zero-order valence-corrected chi connectivity index (χ0v) is 15.8. The minimum Gasteiger partial charge on any atom is -0.350 e. The topological polar surface area (TPSA) is 55.9 Å². The molecule has 6 nitrogen and oxygen atoms in total. The molecule has 1 unspecified atom stereocenters. The zero-order valence-electron chi connectivity index (χ0n) is 15.8. The van der Waals surface area contributed by atoms with Crippen LogP contribution in [0.15, 0.2) is 0 Å². The normalized spacial score (nSPS) is 24.0. The van der Waals surface area contributed by atoms with Gasteiger partial charge in [0.15, 0.2) is 0 Å². The van der Waals surface area contributed by atoms with Gasteiger partial charge in [0.1, 0.15) is 0 Å². The molecule has 0 aromatic heterocycles. The summed E-state index contributed by atoms with van der Waals surface area (Å²) in [5.41, 5.74) is -0.194. The van der Waals surface area contributed by atoms with E-state index in [1.165, 1.54) is 12.8 Å². The molecule has 2 saturated heterocycles. The molecule has 0 radical (unpaired) electrons. The highest BCUT2D eigenvalue weighted by Crippen LogP contribution is 2.15. The lowest BCUT2D eigenvalue weighted by atomic mass is 10.0. The van der Waals surface area contributed by atoms with E-state index in [0.29, 0.717) is 19.0 Å². The van der Waals surface area contributed by atoms with Gasteiger partial charge in [-0.1, -0.05) is 6.92 Å². The summed E-state index contributed by atoms with van der Waals surface area (Å²) in [5, 5.41) is 2.99. The second kappa shape index (κ2) is 8.30. The Morgan fingerprint density at radius 1 is 1.00 bits per heavy atom.